The quantitative estimate of drug-likeness (QED) is 0.295. The van der Waals surface area contributed by atoms with Crippen molar-refractivity contribution in [1.82, 2.24) is 0 Å². The SMILES string of the molecule is COC1CC(O)C(C(O)C2CC(S(=O)(=O)O)C(OC)CC2O)CC1S(=O)(=O)O. The topological polar surface area (TPSA) is 188 Å². The Balaban J connectivity index is 2.26. The first-order chi connectivity index (χ1) is 12.8. The van der Waals surface area contributed by atoms with E-state index in [1.807, 2.05) is 0 Å². The highest BCUT2D eigenvalue weighted by Crippen LogP contribution is 2.40. The molecule has 0 radical (unpaired) electrons. The third-order valence-electron chi connectivity index (χ3n) is 6.02. The molecule has 2 aliphatic rings. The lowest BCUT2D eigenvalue weighted by Gasteiger charge is -2.45. The molecule has 13 heteroatoms. The summed E-state index contributed by atoms with van der Waals surface area (Å²) in [6.07, 6.45) is -6.86. The summed E-state index contributed by atoms with van der Waals surface area (Å²) in [6, 6.07) is 0. The normalized spacial score (nSPS) is 41.5. The van der Waals surface area contributed by atoms with Crippen LogP contribution in [0.2, 0.25) is 0 Å². The molecule has 0 bridgehead atoms. The summed E-state index contributed by atoms with van der Waals surface area (Å²) in [6.45, 7) is 0. The van der Waals surface area contributed by atoms with Crippen molar-refractivity contribution in [2.75, 3.05) is 14.2 Å². The number of hydrogen-bond donors (Lipinski definition) is 5. The smallest absolute Gasteiger partial charge is 0.270 e. The van der Waals surface area contributed by atoms with E-state index >= 15 is 0 Å². The van der Waals surface area contributed by atoms with Crippen LogP contribution >= 0.6 is 0 Å². The molecular formula is C15H28O11S2. The lowest BCUT2D eigenvalue weighted by atomic mass is 9.71. The van der Waals surface area contributed by atoms with E-state index < -0.39 is 73.1 Å². The Labute approximate surface area is 164 Å². The molecule has 0 saturated heterocycles. The molecule has 0 aromatic carbocycles. The number of hydrogen-bond acceptors (Lipinski definition) is 9. The zero-order chi connectivity index (χ0) is 21.4. The Morgan fingerprint density at radius 3 is 1.32 bits per heavy atom. The monoisotopic (exact) mass is 448 g/mol. The van der Waals surface area contributed by atoms with Crippen LogP contribution < -0.4 is 0 Å². The molecule has 8 atom stereocenters. The van der Waals surface area contributed by atoms with Crippen molar-refractivity contribution in [3.05, 3.63) is 0 Å². The number of rotatable bonds is 6. The van der Waals surface area contributed by atoms with Crippen LogP contribution in [-0.2, 0) is 29.7 Å². The van der Waals surface area contributed by atoms with Crippen LogP contribution in [0, 0.1) is 11.8 Å². The average molecular weight is 449 g/mol. The molecule has 0 aromatic heterocycles. The lowest BCUT2D eigenvalue weighted by molar-refractivity contribution is -0.113. The molecule has 2 aliphatic carbocycles. The molecule has 2 rings (SSSR count). The Hall–Kier alpha value is -0.380. The van der Waals surface area contributed by atoms with Gasteiger partial charge in [0.1, 0.15) is 10.5 Å². The minimum Gasteiger partial charge on any atom is -0.393 e. The summed E-state index contributed by atoms with van der Waals surface area (Å²) in [5.74, 6) is -2.11. The fourth-order valence-corrected chi connectivity index (χ4v) is 6.60. The summed E-state index contributed by atoms with van der Waals surface area (Å²) in [5, 5.41) is 28.8. The molecule has 5 N–H and O–H groups in total. The van der Waals surface area contributed by atoms with Crippen molar-refractivity contribution >= 4 is 20.2 Å². The number of aliphatic hydroxyl groups is 3. The van der Waals surface area contributed by atoms with Crippen LogP contribution in [-0.4, -0.2) is 96.5 Å². The van der Waals surface area contributed by atoms with Crippen molar-refractivity contribution in [2.24, 2.45) is 11.8 Å². The van der Waals surface area contributed by atoms with Gasteiger partial charge in [-0.2, -0.15) is 16.8 Å². The molecular weight excluding hydrogens is 420 g/mol. The maximum atomic E-state index is 11.7. The van der Waals surface area contributed by atoms with Crippen molar-refractivity contribution < 1.29 is 50.7 Å². The second-order valence-corrected chi connectivity index (χ2v) is 10.8. The fraction of sp³-hybridized carbons (Fsp3) is 1.00. The molecule has 28 heavy (non-hydrogen) atoms. The van der Waals surface area contributed by atoms with Crippen LogP contribution in [0.15, 0.2) is 0 Å². The van der Waals surface area contributed by atoms with Gasteiger partial charge in [-0.1, -0.05) is 0 Å². The van der Waals surface area contributed by atoms with Crippen molar-refractivity contribution in [3.8, 4) is 0 Å². The maximum Gasteiger partial charge on any atom is 0.270 e. The summed E-state index contributed by atoms with van der Waals surface area (Å²) >= 11 is 0. The summed E-state index contributed by atoms with van der Waals surface area (Å²) in [5.41, 5.74) is 0. The molecule has 8 unspecified atom stereocenters. The van der Waals surface area contributed by atoms with Crippen LogP contribution in [0.1, 0.15) is 25.7 Å². The van der Waals surface area contributed by atoms with E-state index in [2.05, 4.69) is 0 Å². The van der Waals surface area contributed by atoms with Crippen molar-refractivity contribution in [2.45, 2.75) is 66.7 Å². The Bertz CT molecular complexity index is 675. The predicted octanol–water partition coefficient (Wildman–Crippen LogP) is -1.57. The van der Waals surface area contributed by atoms with Gasteiger partial charge < -0.3 is 24.8 Å². The molecule has 0 amide bonds. The first-order valence-corrected chi connectivity index (χ1v) is 11.8. The van der Waals surface area contributed by atoms with Gasteiger partial charge in [-0.05, 0) is 12.8 Å². The Morgan fingerprint density at radius 2 is 1.07 bits per heavy atom. The molecule has 11 nitrogen and oxygen atoms in total. The average Bonchev–Trinajstić information content (AvgIpc) is 2.58. The number of aliphatic hydroxyl groups excluding tert-OH is 3. The van der Waals surface area contributed by atoms with Gasteiger partial charge in [0.2, 0.25) is 0 Å². The summed E-state index contributed by atoms with van der Waals surface area (Å²) in [7, 11) is -6.60. The number of methoxy groups -OCH3 is 2. The summed E-state index contributed by atoms with van der Waals surface area (Å²) in [4.78, 5) is 0. The van der Waals surface area contributed by atoms with E-state index in [0.29, 0.717) is 0 Å². The Kier molecular flexibility index (Phi) is 7.49. The van der Waals surface area contributed by atoms with Gasteiger partial charge in [-0.15, -0.1) is 0 Å². The van der Waals surface area contributed by atoms with E-state index in [1.165, 1.54) is 14.2 Å². The highest BCUT2D eigenvalue weighted by molar-refractivity contribution is 7.86. The molecule has 0 aromatic rings. The van der Waals surface area contributed by atoms with Crippen molar-refractivity contribution in [1.29, 1.82) is 0 Å². The first-order valence-electron chi connectivity index (χ1n) is 8.83. The standard InChI is InChI=1S/C15H28O11S2/c1-25-11-5-9(16)7(3-13(11)27(19,20)21)15(18)8-4-14(28(22,23)24)12(26-2)6-10(8)17/h7-18H,3-6H2,1-2H3,(H,19,20,21)(H,22,23,24). The van der Waals surface area contributed by atoms with Gasteiger partial charge in [-0.3, -0.25) is 9.11 Å². The lowest BCUT2D eigenvalue weighted by Crippen LogP contribution is -2.55. The second-order valence-electron chi connectivity index (χ2n) is 7.55. The van der Waals surface area contributed by atoms with Crippen LogP contribution in [0.3, 0.4) is 0 Å². The first kappa shape index (κ1) is 23.9. The van der Waals surface area contributed by atoms with Crippen LogP contribution in [0.4, 0.5) is 0 Å². The zero-order valence-corrected chi connectivity index (χ0v) is 17.2. The predicted molar refractivity (Wildman–Crippen MR) is 95.7 cm³/mol. The molecule has 2 fully saturated rings. The zero-order valence-electron chi connectivity index (χ0n) is 15.5. The van der Waals surface area contributed by atoms with Gasteiger partial charge in [0.15, 0.2) is 0 Å². The second kappa shape index (κ2) is 8.78. The van der Waals surface area contributed by atoms with E-state index in [0.717, 1.165) is 0 Å². The van der Waals surface area contributed by atoms with E-state index in [4.69, 9.17) is 9.47 Å². The minimum absolute atomic E-state index is 0.173. The van der Waals surface area contributed by atoms with Gasteiger partial charge in [-0.25, -0.2) is 0 Å². The summed E-state index contributed by atoms with van der Waals surface area (Å²) < 4.78 is 75.7. The van der Waals surface area contributed by atoms with Crippen LogP contribution in [0.5, 0.6) is 0 Å². The third kappa shape index (κ3) is 5.02. The van der Waals surface area contributed by atoms with Gasteiger partial charge >= 0.3 is 0 Å². The molecule has 2 saturated carbocycles. The van der Waals surface area contributed by atoms with E-state index in [1.54, 1.807) is 0 Å². The maximum absolute atomic E-state index is 11.7. The number of ether oxygens (including phenoxy) is 2. The van der Waals surface area contributed by atoms with E-state index in [-0.39, 0.29) is 25.7 Å². The highest BCUT2D eigenvalue weighted by atomic mass is 32.2. The molecule has 0 aliphatic heterocycles. The molecule has 0 spiro atoms. The van der Waals surface area contributed by atoms with Gasteiger partial charge in [0, 0.05) is 38.9 Å². The molecule has 0 heterocycles. The highest BCUT2D eigenvalue weighted by Gasteiger charge is 2.51. The largest absolute Gasteiger partial charge is 0.393 e. The fourth-order valence-electron chi connectivity index (χ4n) is 4.46. The minimum atomic E-state index is -4.53. The Morgan fingerprint density at radius 1 is 0.750 bits per heavy atom. The molecule has 166 valence electrons. The van der Waals surface area contributed by atoms with Gasteiger partial charge in [0.25, 0.3) is 20.2 Å². The third-order valence-corrected chi connectivity index (χ3v) is 8.54. The van der Waals surface area contributed by atoms with E-state index in [9.17, 15) is 41.3 Å². The van der Waals surface area contributed by atoms with Crippen LogP contribution in [0.25, 0.3) is 0 Å². The van der Waals surface area contributed by atoms with Crippen molar-refractivity contribution in [3.63, 3.8) is 0 Å². The van der Waals surface area contributed by atoms with Gasteiger partial charge in [0.05, 0.1) is 30.5 Å².